The third kappa shape index (κ3) is 5.72. The minimum absolute atomic E-state index is 0.0272. The van der Waals surface area contributed by atoms with Crippen LogP contribution >= 0.6 is 0 Å². The molecule has 2 atom stereocenters. The fraction of sp³-hybridized carbons (Fsp3) is 0.560. The summed E-state index contributed by atoms with van der Waals surface area (Å²) < 4.78 is 77.6. The van der Waals surface area contributed by atoms with E-state index in [0.29, 0.717) is 22.4 Å². The van der Waals surface area contributed by atoms with Gasteiger partial charge in [0.15, 0.2) is 11.3 Å². The van der Waals surface area contributed by atoms with E-state index in [-0.39, 0.29) is 49.7 Å². The number of hydrogen-bond donors (Lipinski definition) is 2. The molecule has 2 aromatic heterocycles. The maximum absolute atomic E-state index is 13.9. The van der Waals surface area contributed by atoms with Crippen LogP contribution in [0, 0.1) is 5.92 Å². The Labute approximate surface area is 224 Å². The van der Waals surface area contributed by atoms with Gasteiger partial charge >= 0.3 is 12.2 Å². The van der Waals surface area contributed by atoms with Crippen LogP contribution in [0.2, 0.25) is 0 Å². The average Bonchev–Trinajstić information content (AvgIpc) is 3.61. The monoisotopic (exact) mass is 570 g/mol. The van der Waals surface area contributed by atoms with Crippen LogP contribution in [0.4, 0.5) is 26.7 Å². The zero-order valence-electron chi connectivity index (χ0n) is 21.6. The van der Waals surface area contributed by atoms with E-state index < -0.39 is 48.6 Å². The molecule has 5 rings (SSSR count). The van der Waals surface area contributed by atoms with Crippen molar-refractivity contribution in [3.63, 3.8) is 0 Å². The van der Waals surface area contributed by atoms with Crippen molar-refractivity contribution in [3.05, 3.63) is 41.0 Å². The number of amides is 3. The third-order valence-electron chi connectivity index (χ3n) is 7.29. The molecule has 3 aromatic rings. The van der Waals surface area contributed by atoms with Crippen molar-refractivity contribution in [1.29, 1.82) is 0 Å². The Morgan fingerprint density at radius 1 is 1.23 bits per heavy atom. The lowest BCUT2D eigenvalue weighted by Gasteiger charge is -2.32. The van der Waals surface area contributed by atoms with Crippen LogP contribution in [0.15, 0.2) is 27.2 Å². The molecule has 216 valence electrons. The zero-order chi connectivity index (χ0) is 28.8. The molecule has 2 N–H and O–H groups in total. The van der Waals surface area contributed by atoms with Gasteiger partial charge in [-0.05, 0) is 41.6 Å². The van der Waals surface area contributed by atoms with E-state index >= 15 is 0 Å². The molecule has 3 heterocycles. The van der Waals surface area contributed by atoms with Crippen molar-refractivity contribution >= 4 is 23.0 Å². The van der Waals surface area contributed by atoms with Gasteiger partial charge in [0.25, 0.3) is 5.91 Å². The number of carbonyl (C=O) groups is 2. The lowest BCUT2D eigenvalue weighted by atomic mass is 9.82. The second-order valence-corrected chi connectivity index (χ2v) is 10.6. The number of hydrogen-bond acceptors (Lipinski definition) is 7. The van der Waals surface area contributed by atoms with Gasteiger partial charge in [-0.25, -0.2) is 23.2 Å². The lowest BCUT2D eigenvalue weighted by Crippen LogP contribution is -2.40. The Hall–Kier alpha value is -3.78. The van der Waals surface area contributed by atoms with Crippen LogP contribution in [-0.4, -0.2) is 56.8 Å². The zero-order valence-corrected chi connectivity index (χ0v) is 21.6. The van der Waals surface area contributed by atoms with Crippen molar-refractivity contribution < 1.29 is 40.6 Å². The highest BCUT2D eigenvalue weighted by Gasteiger charge is 2.47. The number of fused-ring (bicyclic) bond motifs is 1. The smallest absolute Gasteiger partial charge is 0.410 e. The summed E-state index contributed by atoms with van der Waals surface area (Å²) in [4.78, 5) is 30.8. The molecule has 1 saturated carbocycles. The fourth-order valence-electron chi connectivity index (χ4n) is 5.07. The lowest BCUT2D eigenvalue weighted by molar-refractivity contribution is -0.149. The Balaban J connectivity index is 1.39. The van der Waals surface area contributed by atoms with Crippen molar-refractivity contribution in [3.8, 4) is 0 Å². The molecule has 10 nitrogen and oxygen atoms in total. The summed E-state index contributed by atoms with van der Waals surface area (Å²) in [6, 6.07) is 1.07. The van der Waals surface area contributed by atoms with Gasteiger partial charge in [0.2, 0.25) is 11.8 Å². The standard InChI is InChI=1S/C25H27F5N6O4/c1-12(2)18-20(35-40-34-18)21(37)33-19(14-5-7-24(26,27)8-6-14)22-31-15-9-13(3-4-16(15)39-22)10-36-11-17(25(28,29)30)32-23(36)38/h3-4,9,12,14,17,19H,5-8,10-11H2,1-2H3,(H,32,38)(H,33,37)/t17-,19-/m0/s1. The molecule has 3 amide bonds. The molecule has 0 unspecified atom stereocenters. The summed E-state index contributed by atoms with van der Waals surface area (Å²) in [6.07, 6.45) is -5.04. The Morgan fingerprint density at radius 2 is 1.95 bits per heavy atom. The number of benzene rings is 1. The van der Waals surface area contributed by atoms with E-state index in [9.17, 15) is 31.5 Å². The number of aromatic nitrogens is 3. The highest BCUT2D eigenvalue weighted by Crippen LogP contribution is 2.42. The molecule has 1 aliphatic heterocycles. The molecule has 2 fully saturated rings. The first-order valence-corrected chi connectivity index (χ1v) is 12.8. The number of urea groups is 1. The summed E-state index contributed by atoms with van der Waals surface area (Å²) in [5.41, 5.74) is 1.49. The SMILES string of the molecule is CC(C)c1nonc1C(=O)N[C@H](c1nc2cc(CN3C[C@@H](C(F)(F)F)NC3=O)ccc2o1)C1CCC(F)(F)CC1. The molecule has 15 heteroatoms. The average molecular weight is 571 g/mol. The molecule has 1 aliphatic carbocycles. The summed E-state index contributed by atoms with van der Waals surface area (Å²) in [7, 11) is 0. The second-order valence-electron chi connectivity index (χ2n) is 10.6. The van der Waals surface area contributed by atoms with Gasteiger partial charge in [-0.3, -0.25) is 4.79 Å². The van der Waals surface area contributed by atoms with E-state index in [1.165, 1.54) is 0 Å². The molecule has 40 heavy (non-hydrogen) atoms. The van der Waals surface area contributed by atoms with Crippen LogP contribution in [0.3, 0.4) is 0 Å². The minimum Gasteiger partial charge on any atom is -0.438 e. The molecule has 1 aromatic carbocycles. The van der Waals surface area contributed by atoms with E-state index in [1.807, 2.05) is 19.2 Å². The minimum atomic E-state index is -4.56. The maximum atomic E-state index is 13.9. The number of rotatable bonds is 7. The van der Waals surface area contributed by atoms with Gasteiger partial charge in [-0.2, -0.15) is 13.2 Å². The summed E-state index contributed by atoms with van der Waals surface area (Å²) in [6.45, 7) is 3.00. The maximum Gasteiger partial charge on any atom is 0.410 e. The number of halogens is 5. The van der Waals surface area contributed by atoms with Gasteiger partial charge < -0.3 is 20.0 Å². The van der Waals surface area contributed by atoms with Gasteiger partial charge in [0.1, 0.15) is 23.3 Å². The number of nitrogens with zero attached hydrogens (tertiary/aromatic N) is 4. The van der Waals surface area contributed by atoms with Crippen molar-refractivity contribution in [2.45, 2.75) is 76.2 Å². The fourth-order valence-corrected chi connectivity index (χ4v) is 5.07. The van der Waals surface area contributed by atoms with Gasteiger partial charge in [0, 0.05) is 25.3 Å². The number of alkyl halides is 5. The van der Waals surface area contributed by atoms with Crippen LogP contribution in [0.25, 0.3) is 11.1 Å². The second kappa shape index (κ2) is 10.3. The Morgan fingerprint density at radius 3 is 2.60 bits per heavy atom. The number of oxazole rings is 1. The van der Waals surface area contributed by atoms with E-state index in [4.69, 9.17) is 9.05 Å². The molecule has 1 saturated heterocycles. The van der Waals surface area contributed by atoms with E-state index in [0.717, 1.165) is 4.90 Å². The van der Waals surface area contributed by atoms with E-state index in [2.05, 4.69) is 20.6 Å². The highest BCUT2D eigenvalue weighted by molar-refractivity contribution is 5.93. The quantitative estimate of drug-likeness (QED) is 0.379. The van der Waals surface area contributed by atoms with Crippen molar-refractivity contribution in [1.82, 2.24) is 30.8 Å². The Bertz CT molecular complexity index is 1390. The van der Waals surface area contributed by atoms with Crippen LogP contribution in [0.5, 0.6) is 0 Å². The van der Waals surface area contributed by atoms with Gasteiger partial charge in [-0.1, -0.05) is 25.1 Å². The summed E-state index contributed by atoms with van der Waals surface area (Å²) >= 11 is 0. The first-order valence-electron chi connectivity index (χ1n) is 12.8. The van der Waals surface area contributed by atoms with Gasteiger partial charge in [-0.15, -0.1) is 0 Å². The Kier molecular flexibility index (Phi) is 7.17. The first kappa shape index (κ1) is 27.8. The third-order valence-corrected chi connectivity index (χ3v) is 7.29. The predicted octanol–water partition coefficient (Wildman–Crippen LogP) is 5.09. The molecule has 0 spiro atoms. The number of nitrogens with one attached hydrogen (secondary N) is 2. The molecule has 0 bridgehead atoms. The molecular weight excluding hydrogens is 543 g/mol. The normalized spacial score (nSPS) is 20.8. The topological polar surface area (TPSA) is 126 Å². The number of carbonyl (C=O) groups excluding carboxylic acids is 2. The predicted molar refractivity (Wildman–Crippen MR) is 128 cm³/mol. The van der Waals surface area contributed by atoms with Crippen molar-refractivity contribution in [2.75, 3.05) is 6.54 Å². The van der Waals surface area contributed by atoms with Crippen LogP contribution < -0.4 is 10.6 Å². The van der Waals surface area contributed by atoms with Crippen LogP contribution in [-0.2, 0) is 6.54 Å². The van der Waals surface area contributed by atoms with Crippen LogP contribution in [0.1, 0.15) is 79.1 Å². The molecular formula is C25H27F5N6O4. The molecule has 0 radical (unpaired) electrons. The molecule has 2 aliphatic rings. The largest absolute Gasteiger partial charge is 0.438 e. The van der Waals surface area contributed by atoms with Gasteiger partial charge in [0.05, 0.1) is 6.54 Å². The first-order chi connectivity index (χ1) is 18.8. The highest BCUT2D eigenvalue weighted by atomic mass is 19.4. The summed E-state index contributed by atoms with van der Waals surface area (Å²) in [5, 5.41) is 12.2. The van der Waals surface area contributed by atoms with E-state index in [1.54, 1.807) is 18.2 Å². The van der Waals surface area contributed by atoms with Crippen molar-refractivity contribution in [2.24, 2.45) is 5.92 Å². The summed E-state index contributed by atoms with van der Waals surface area (Å²) in [5.74, 6) is -3.89.